The van der Waals surface area contributed by atoms with Gasteiger partial charge in [-0.1, -0.05) is 20.3 Å². The largest absolute Gasteiger partial charge is 0.375 e. The molecule has 1 nitrogen and oxygen atoms in total. The van der Waals surface area contributed by atoms with E-state index in [1.165, 1.54) is 19.3 Å². The van der Waals surface area contributed by atoms with Crippen LogP contribution in [0.3, 0.4) is 0 Å². The van der Waals surface area contributed by atoms with E-state index >= 15 is 0 Å². The maximum absolute atomic E-state index is 5.89. The van der Waals surface area contributed by atoms with Gasteiger partial charge in [0, 0.05) is 0 Å². The van der Waals surface area contributed by atoms with Gasteiger partial charge in [-0.05, 0) is 38.5 Å². The van der Waals surface area contributed by atoms with Gasteiger partial charge >= 0.3 is 0 Å². The molecule has 12 heavy (non-hydrogen) atoms. The summed E-state index contributed by atoms with van der Waals surface area (Å²) in [6.45, 7) is 8.89. The van der Waals surface area contributed by atoms with Gasteiger partial charge in [0.15, 0.2) is 0 Å². The Morgan fingerprint density at radius 3 is 2.25 bits per heavy atom. The van der Waals surface area contributed by atoms with Crippen molar-refractivity contribution in [1.82, 2.24) is 0 Å². The van der Waals surface area contributed by atoms with Crippen molar-refractivity contribution in [3.05, 3.63) is 0 Å². The SMILES string of the molecule is CC(C)O[C@@H]1CCC[C@@H]1C(C)C. The fourth-order valence-corrected chi connectivity index (χ4v) is 2.24. The van der Waals surface area contributed by atoms with Crippen LogP contribution in [0.15, 0.2) is 0 Å². The van der Waals surface area contributed by atoms with Crippen molar-refractivity contribution >= 4 is 0 Å². The molecular weight excluding hydrogens is 148 g/mol. The number of hydrogen-bond donors (Lipinski definition) is 0. The van der Waals surface area contributed by atoms with Crippen LogP contribution < -0.4 is 0 Å². The Morgan fingerprint density at radius 1 is 1.08 bits per heavy atom. The number of ether oxygens (including phenoxy) is 1. The second kappa shape index (κ2) is 4.27. The van der Waals surface area contributed by atoms with Crippen LogP contribution in [0.2, 0.25) is 0 Å². The summed E-state index contributed by atoms with van der Waals surface area (Å²) in [5.41, 5.74) is 0. The maximum Gasteiger partial charge on any atom is 0.0609 e. The van der Waals surface area contributed by atoms with Gasteiger partial charge in [-0.3, -0.25) is 0 Å². The van der Waals surface area contributed by atoms with Crippen LogP contribution in [-0.4, -0.2) is 12.2 Å². The van der Waals surface area contributed by atoms with E-state index in [-0.39, 0.29) is 0 Å². The topological polar surface area (TPSA) is 9.23 Å². The zero-order chi connectivity index (χ0) is 9.14. The molecule has 0 N–H and O–H groups in total. The minimum absolute atomic E-state index is 0.398. The van der Waals surface area contributed by atoms with Crippen molar-refractivity contribution in [3.8, 4) is 0 Å². The molecule has 0 amide bonds. The quantitative estimate of drug-likeness (QED) is 0.632. The third-order valence-electron chi connectivity index (χ3n) is 2.81. The maximum atomic E-state index is 5.89. The van der Waals surface area contributed by atoms with Gasteiger partial charge in [-0.25, -0.2) is 0 Å². The molecule has 1 saturated carbocycles. The lowest BCUT2D eigenvalue weighted by Gasteiger charge is -2.25. The molecule has 1 aliphatic carbocycles. The van der Waals surface area contributed by atoms with Crippen LogP contribution in [0.5, 0.6) is 0 Å². The molecule has 1 aliphatic rings. The van der Waals surface area contributed by atoms with Gasteiger partial charge < -0.3 is 4.74 Å². The molecular formula is C11H22O. The predicted molar refractivity (Wildman–Crippen MR) is 52.2 cm³/mol. The Kier molecular flexibility index (Phi) is 3.57. The zero-order valence-corrected chi connectivity index (χ0v) is 8.84. The van der Waals surface area contributed by atoms with E-state index in [1.54, 1.807) is 0 Å². The van der Waals surface area contributed by atoms with E-state index in [0.717, 1.165) is 11.8 Å². The molecule has 0 aromatic carbocycles. The lowest BCUT2D eigenvalue weighted by atomic mass is 9.92. The Morgan fingerprint density at radius 2 is 1.75 bits per heavy atom. The third kappa shape index (κ3) is 2.48. The molecule has 2 atom stereocenters. The Balaban J connectivity index is 2.41. The Bertz CT molecular complexity index is 129. The van der Waals surface area contributed by atoms with Crippen LogP contribution >= 0.6 is 0 Å². The van der Waals surface area contributed by atoms with E-state index in [1.807, 2.05) is 0 Å². The first-order valence-corrected chi connectivity index (χ1v) is 5.26. The molecule has 1 fully saturated rings. The fourth-order valence-electron chi connectivity index (χ4n) is 2.24. The average Bonchev–Trinajstić information content (AvgIpc) is 2.33. The van der Waals surface area contributed by atoms with Crippen LogP contribution in [0, 0.1) is 11.8 Å². The van der Waals surface area contributed by atoms with Crippen LogP contribution in [0.1, 0.15) is 47.0 Å². The normalized spacial score (nSPS) is 30.5. The van der Waals surface area contributed by atoms with Gasteiger partial charge in [0.1, 0.15) is 0 Å². The first kappa shape index (κ1) is 10.0. The van der Waals surface area contributed by atoms with Gasteiger partial charge in [0.25, 0.3) is 0 Å². The number of hydrogen-bond acceptors (Lipinski definition) is 1. The van der Waals surface area contributed by atoms with Crippen molar-refractivity contribution in [3.63, 3.8) is 0 Å². The summed E-state index contributed by atoms with van der Waals surface area (Å²) >= 11 is 0. The molecule has 0 unspecified atom stereocenters. The first-order chi connectivity index (χ1) is 5.61. The van der Waals surface area contributed by atoms with Crippen LogP contribution in [0.25, 0.3) is 0 Å². The summed E-state index contributed by atoms with van der Waals surface area (Å²) in [7, 11) is 0. The van der Waals surface area contributed by atoms with E-state index in [0.29, 0.717) is 12.2 Å². The number of rotatable bonds is 3. The molecule has 1 rings (SSSR count). The van der Waals surface area contributed by atoms with Crippen molar-refractivity contribution < 1.29 is 4.74 Å². The van der Waals surface area contributed by atoms with E-state index in [4.69, 9.17) is 4.74 Å². The molecule has 0 heterocycles. The van der Waals surface area contributed by atoms with Crippen molar-refractivity contribution in [2.75, 3.05) is 0 Å². The Labute approximate surface area is 76.5 Å². The average molecular weight is 170 g/mol. The molecule has 0 aromatic heterocycles. The van der Waals surface area contributed by atoms with Gasteiger partial charge in [-0.15, -0.1) is 0 Å². The minimum Gasteiger partial charge on any atom is -0.375 e. The van der Waals surface area contributed by atoms with Crippen LogP contribution in [-0.2, 0) is 4.74 Å². The van der Waals surface area contributed by atoms with Gasteiger partial charge in [0.2, 0.25) is 0 Å². The van der Waals surface area contributed by atoms with Gasteiger partial charge in [-0.2, -0.15) is 0 Å². The summed E-state index contributed by atoms with van der Waals surface area (Å²) in [6.07, 6.45) is 4.95. The Hall–Kier alpha value is -0.0400. The molecule has 0 aromatic rings. The molecule has 0 aliphatic heterocycles. The minimum atomic E-state index is 0.398. The van der Waals surface area contributed by atoms with E-state index in [9.17, 15) is 0 Å². The predicted octanol–water partition coefficient (Wildman–Crippen LogP) is 3.24. The van der Waals surface area contributed by atoms with E-state index < -0.39 is 0 Å². The van der Waals surface area contributed by atoms with Crippen molar-refractivity contribution in [1.29, 1.82) is 0 Å². The smallest absolute Gasteiger partial charge is 0.0609 e. The molecule has 1 heteroatoms. The monoisotopic (exact) mass is 170 g/mol. The second-order valence-electron chi connectivity index (χ2n) is 4.56. The highest BCUT2D eigenvalue weighted by Gasteiger charge is 2.30. The first-order valence-electron chi connectivity index (χ1n) is 5.26. The molecule has 0 bridgehead atoms. The highest BCUT2D eigenvalue weighted by molar-refractivity contribution is 4.80. The molecule has 72 valence electrons. The highest BCUT2D eigenvalue weighted by Crippen LogP contribution is 2.34. The third-order valence-corrected chi connectivity index (χ3v) is 2.81. The second-order valence-corrected chi connectivity index (χ2v) is 4.56. The summed E-state index contributed by atoms with van der Waals surface area (Å²) in [6, 6.07) is 0. The summed E-state index contributed by atoms with van der Waals surface area (Å²) in [5, 5.41) is 0. The van der Waals surface area contributed by atoms with Gasteiger partial charge in [0.05, 0.1) is 12.2 Å². The molecule has 0 spiro atoms. The fraction of sp³-hybridized carbons (Fsp3) is 1.00. The van der Waals surface area contributed by atoms with Crippen LogP contribution in [0.4, 0.5) is 0 Å². The van der Waals surface area contributed by atoms with Crippen molar-refractivity contribution in [2.45, 2.75) is 59.2 Å². The van der Waals surface area contributed by atoms with E-state index in [2.05, 4.69) is 27.7 Å². The summed E-state index contributed by atoms with van der Waals surface area (Å²) in [4.78, 5) is 0. The molecule has 0 saturated heterocycles. The highest BCUT2D eigenvalue weighted by atomic mass is 16.5. The van der Waals surface area contributed by atoms with Crippen molar-refractivity contribution in [2.24, 2.45) is 11.8 Å². The summed E-state index contributed by atoms with van der Waals surface area (Å²) in [5.74, 6) is 1.60. The summed E-state index contributed by atoms with van der Waals surface area (Å²) < 4.78 is 5.89. The lowest BCUT2D eigenvalue weighted by Crippen LogP contribution is -2.25. The zero-order valence-electron chi connectivity index (χ0n) is 8.84. The standard InChI is InChI=1S/C11H22O/c1-8(2)10-6-5-7-11(10)12-9(3)4/h8-11H,5-7H2,1-4H3/t10-,11-/m1/s1. The molecule has 0 radical (unpaired) electrons. The lowest BCUT2D eigenvalue weighted by molar-refractivity contribution is -0.0233.